The summed E-state index contributed by atoms with van der Waals surface area (Å²) in [5, 5.41) is 49.8. The molecule has 2 aliphatic heterocycles. The number of nitrogens with zero attached hydrogens (tertiary/aromatic N) is 6. The predicted molar refractivity (Wildman–Crippen MR) is 151 cm³/mol. The zero-order valence-electron chi connectivity index (χ0n) is 22.4. The zero-order valence-corrected chi connectivity index (χ0v) is 23.3. The van der Waals surface area contributed by atoms with E-state index < -0.39 is 46.5 Å². The number of aliphatic hydroxyl groups excluding tert-OH is 3. The van der Waals surface area contributed by atoms with Crippen molar-refractivity contribution in [3.05, 3.63) is 72.8 Å². The maximum Gasteiger partial charge on any atom is 0.123 e. The van der Waals surface area contributed by atoms with Crippen LogP contribution in [0.3, 0.4) is 0 Å². The molecule has 8 atom stereocenters. The van der Waals surface area contributed by atoms with E-state index in [1.807, 2.05) is 30.3 Å². The monoisotopic (exact) mass is 584 g/mol. The first-order chi connectivity index (χ1) is 20.0. The van der Waals surface area contributed by atoms with Gasteiger partial charge < -0.3 is 24.8 Å². The van der Waals surface area contributed by atoms with Gasteiger partial charge in [-0.3, -0.25) is 0 Å². The molecule has 3 N–H and O–H groups in total. The third-order valence-corrected chi connectivity index (χ3v) is 11.5. The summed E-state index contributed by atoms with van der Waals surface area (Å²) in [6.07, 6.45) is 1.12. The number of aliphatic hydroxyl groups is 3. The predicted octanol–water partition coefficient (Wildman–Crippen LogP) is 1.64. The normalized spacial score (nSPS) is 31.2. The largest absolute Gasteiger partial charge is 0.395 e. The SMILES string of the molecule is CO[C@H]1C[SH]([C@@H]2COC[C@H](n3cc(-c4ccccc4)nn3)[C@H]2O)[C@H](CO)[C@H](O)[C@@H]1n1cc(-c2cccc(F)c2)nn1. The van der Waals surface area contributed by atoms with E-state index in [0.717, 1.165) is 5.56 Å². The molecule has 2 aromatic heterocycles. The molecule has 13 heteroatoms. The van der Waals surface area contributed by atoms with Gasteiger partial charge in [0, 0.05) is 34.5 Å². The van der Waals surface area contributed by atoms with Crippen LogP contribution >= 0.6 is 10.9 Å². The minimum atomic E-state index is -1.16. The lowest BCUT2D eigenvalue weighted by Crippen LogP contribution is -2.55. The second-order valence-corrected chi connectivity index (χ2v) is 13.1. The maximum atomic E-state index is 13.8. The highest BCUT2D eigenvalue weighted by atomic mass is 32.2. The summed E-state index contributed by atoms with van der Waals surface area (Å²) < 4.78 is 28.8. The van der Waals surface area contributed by atoms with Crippen molar-refractivity contribution in [2.75, 3.05) is 32.7 Å². The van der Waals surface area contributed by atoms with E-state index in [1.165, 1.54) is 16.8 Å². The Morgan fingerprint density at radius 1 is 0.951 bits per heavy atom. The van der Waals surface area contributed by atoms with Gasteiger partial charge in [-0.15, -0.1) is 10.2 Å². The standard InChI is InChI=1S/C28H33FN6O5S/c1-39-23-16-41(24(13-36)28(38)26(23)35-12-21(31-33-35)18-8-5-9-19(29)10-18)25-15-40-14-22(27(25)37)34-11-20(30-32-34)17-6-3-2-4-7-17/h2-12,22-28,36-38,41H,13-16H2,1H3/t22-,23-,24+,25+,26+,27+,28-/m0/s1. The van der Waals surface area contributed by atoms with Crippen molar-refractivity contribution in [3.63, 3.8) is 0 Å². The van der Waals surface area contributed by atoms with Crippen LogP contribution in [0.25, 0.3) is 22.5 Å². The molecule has 0 spiro atoms. The first kappa shape index (κ1) is 27.9. The molecule has 0 aliphatic carbocycles. The van der Waals surface area contributed by atoms with Gasteiger partial charge in [0.2, 0.25) is 0 Å². The summed E-state index contributed by atoms with van der Waals surface area (Å²) in [6.45, 7) is 0.282. The summed E-state index contributed by atoms with van der Waals surface area (Å²) in [5.41, 5.74) is 2.64. The van der Waals surface area contributed by atoms with Gasteiger partial charge in [-0.1, -0.05) is 52.9 Å². The van der Waals surface area contributed by atoms with E-state index in [2.05, 4.69) is 20.6 Å². The first-order valence-electron chi connectivity index (χ1n) is 13.5. The molecular weight excluding hydrogens is 551 g/mol. The highest BCUT2D eigenvalue weighted by Gasteiger charge is 2.49. The lowest BCUT2D eigenvalue weighted by molar-refractivity contribution is -0.0339. The molecular formula is C28H33FN6O5S. The number of rotatable bonds is 7. The molecule has 0 saturated carbocycles. The van der Waals surface area contributed by atoms with E-state index >= 15 is 0 Å². The van der Waals surface area contributed by atoms with Gasteiger partial charge in [-0.25, -0.2) is 24.6 Å². The van der Waals surface area contributed by atoms with Crippen LogP contribution in [0.1, 0.15) is 12.1 Å². The third kappa shape index (κ3) is 5.41. The van der Waals surface area contributed by atoms with Gasteiger partial charge in [-0.2, -0.15) is 0 Å². The minimum Gasteiger partial charge on any atom is -0.395 e. The number of hydrogen-bond donors (Lipinski definition) is 4. The van der Waals surface area contributed by atoms with Crippen LogP contribution in [0, 0.1) is 5.82 Å². The molecule has 11 nitrogen and oxygen atoms in total. The Hall–Kier alpha value is -3.20. The van der Waals surface area contributed by atoms with E-state index in [1.54, 1.807) is 36.3 Å². The number of hydrogen-bond acceptors (Lipinski definition) is 9. The molecule has 41 heavy (non-hydrogen) atoms. The molecule has 2 fully saturated rings. The molecule has 218 valence electrons. The van der Waals surface area contributed by atoms with Crippen LogP contribution in [0.15, 0.2) is 67.0 Å². The summed E-state index contributed by atoms with van der Waals surface area (Å²) in [6, 6.07) is 14.6. The fraction of sp³-hybridized carbons (Fsp3) is 0.429. The average Bonchev–Trinajstić information content (AvgIpc) is 3.68. The molecule has 0 radical (unpaired) electrons. The Morgan fingerprint density at radius 3 is 2.39 bits per heavy atom. The molecule has 4 aromatic rings. The van der Waals surface area contributed by atoms with E-state index in [9.17, 15) is 19.7 Å². The van der Waals surface area contributed by atoms with Crippen LogP contribution in [0.5, 0.6) is 0 Å². The van der Waals surface area contributed by atoms with Crippen molar-refractivity contribution >= 4 is 10.9 Å². The van der Waals surface area contributed by atoms with Crippen molar-refractivity contribution < 1.29 is 29.2 Å². The number of aromatic nitrogens is 6. The second-order valence-electron chi connectivity index (χ2n) is 10.4. The van der Waals surface area contributed by atoms with Gasteiger partial charge in [0.1, 0.15) is 29.3 Å². The lowest BCUT2D eigenvalue weighted by Gasteiger charge is -2.51. The highest BCUT2D eigenvalue weighted by molar-refractivity contribution is 8.18. The molecule has 2 aliphatic rings. The molecule has 0 amide bonds. The Morgan fingerprint density at radius 2 is 1.66 bits per heavy atom. The van der Waals surface area contributed by atoms with Gasteiger partial charge >= 0.3 is 0 Å². The molecule has 6 rings (SSSR count). The minimum absolute atomic E-state index is 0.267. The van der Waals surface area contributed by atoms with Crippen LogP contribution in [-0.2, 0) is 9.47 Å². The quantitative estimate of drug-likeness (QED) is 0.239. The van der Waals surface area contributed by atoms with E-state index in [4.69, 9.17) is 9.47 Å². The maximum absolute atomic E-state index is 13.8. The van der Waals surface area contributed by atoms with Gasteiger partial charge in [0.15, 0.2) is 0 Å². The highest BCUT2D eigenvalue weighted by Crippen LogP contribution is 2.51. The van der Waals surface area contributed by atoms with Crippen molar-refractivity contribution in [2.24, 2.45) is 0 Å². The van der Waals surface area contributed by atoms with Crippen molar-refractivity contribution in [1.82, 2.24) is 30.0 Å². The number of methoxy groups -OCH3 is 1. The topological polar surface area (TPSA) is 141 Å². The Labute approximate surface area is 238 Å². The van der Waals surface area contributed by atoms with Gasteiger partial charge in [-0.05, 0) is 12.1 Å². The van der Waals surface area contributed by atoms with Crippen LogP contribution in [0.2, 0.25) is 0 Å². The second kappa shape index (κ2) is 12.0. The molecule has 4 heterocycles. The summed E-state index contributed by atoms with van der Waals surface area (Å²) in [4.78, 5) is 0. The molecule has 0 bridgehead atoms. The Kier molecular flexibility index (Phi) is 8.15. The molecule has 2 aromatic carbocycles. The van der Waals surface area contributed by atoms with Crippen LogP contribution in [0.4, 0.5) is 4.39 Å². The van der Waals surface area contributed by atoms with E-state index in [-0.39, 0.29) is 24.3 Å². The van der Waals surface area contributed by atoms with Crippen molar-refractivity contribution in [3.8, 4) is 22.5 Å². The summed E-state index contributed by atoms with van der Waals surface area (Å²) in [5.74, 6) is 0.113. The van der Waals surface area contributed by atoms with Crippen LogP contribution < -0.4 is 0 Å². The smallest absolute Gasteiger partial charge is 0.123 e. The third-order valence-electron chi connectivity index (χ3n) is 8.08. The first-order valence-corrected chi connectivity index (χ1v) is 15.1. The number of halogens is 1. The number of thiol groups is 1. The summed E-state index contributed by atoms with van der Waals surface area (Å²) >= 11 is 0. The van der Waals surface area contributed by atoms with E-state index in [0.29, 0.717) is 29.3 Å². The van der Waals surface area contributed by atoms with Crippen LogP contribution in [-0.4, -0.2) is 107 Å². The molecule has 2 saturated heterocycles. The lowest BCUT2D eigenvalue weighted by atomic mass is 10.0. The fourth-order valence-corrected chi connectivity index (χ4v) is 9.38. The van der Waals surface area contributed by atoms with Gasteiger partial charge in [0.05, 0.1) is 50.5 Å². The zero-order chi connectivity index (χ0) is 28.5. The van der Waals surface area contributed by atoms with Crippen molar-refractivity contribution in [2.45, 2.75) is 40.9 Å². The average molecular weight is 585 g/mol. The summed E-state index contributed by atoms with van der Waals surface area (Å²) in [7, 11) is 0.406. The van der Waals surface area contributed by atoms with Crippen molar-refractivity contribution in [1.29, 1.82) is 0 Å². The molecule has 1 unspecified atom stereocenters. The van der Waals surface area contributed by atoms with Gasteiger partial charge in [0.25, 0.3) is 0 Å². The Bertz CT molecular complexity index is 1460. The number of ether oxygens (including phenoxy) is 2. The Balaban J connectivity index is 1.23. The number of benzene rings is 2. The fourth-order valence-electron chi connectivity index (χ4n) is 5.90.